The number of halogens is 1. The first-order chi connectivity index (χ1) is 6.20. The van der Waals surface area contributed by atoms with Gasteiger partial charge in [0.2, 0.25) is 0 Å². The fourth-order valence-corrected chi connectivity index (χ4v) is 0.983. The van der Waals surface area contributed by atoms with E-state index >= 15 is 0 Å². The Morgan fingerprint density at radius 3 is 2.69 bits per heavy atom. The molecule has 0 unspecified atom stereocenters. The smallest absolute Gasteiger partial charge is 0.294 e. The molecule has 0 bridgehead atoms. The van der Waals surface area contributed by atoms with Crippen molar-refractivity contribution in [2.45, 2.75) is 0 Å². The van der Waals surface area contributed by atoms with Crippen LogP contribution in [-0.2, 0) is 14.6 Å². The van der Waals surface area contributed by atoms with Crippen LogP contribution in [0, 0.1) is 0 Å². The summed E-state index contributed by atoms with van der Waals surface area (Å²) in [4.78, 5) is 17.9. The van der Waals surface area contributed by atoms with Crippen molar-refractivity contribution in [3.8, 4) is 0 Å². The van der Waals surface area contributed by atoms with Gasteiger partial charge in [0.1, 0.15) is 5.15 Å². The second kappa shape index (κ2) is 7.72. The van der Waals surface area contributed by atoms with Crippen molar-refractivity contribution in [3.63, 3.8) is 0 Å². The Morgan fingerprint density at radius 2 is 2.54 bits per heavy atom. The Bertz CT molecular complexity index is 250. The maximum absolute atomic E-state index is 9.95. The van der Waals surface area contributed by atoms with Gasteiger partial charge in [-0.1, -0.05) is 18.2 Å². The summed E-state index contributed by atoms with van der Waals surface area (Å²) in [5.74, 6) is -0.581. The van der Waals surface area contributed by atoms with Gasteiger partial charge in [-0.25, -0.2) is 4.79 Å². The first-order valence-electron chi connectivity index (χ1n) is 3.13. The zero-order valence-electron chi connectivity index (χ0n) is 6.90. The summed E-state index contributed by atoms with van der Waals surface area (Å²) in [7, 11) is 1.25. The lowest BCUT2D eigenvalue weighted by Gasteiger charge is -1.88. The molecule has 0 aromatic carbocycles. The minimum atomic E-state index is -0.581. The van der Waals surface area contributed by atoms with E-state index in [4.69, 9.17) is 11.6 Å². The highest BCUT2D eigenvalue weighted by molar-refractivity contribution is 7.03. The average Bonchev–Trinajstić information content (AvgIpc) is 2.57. The van der Waals surface area contributed by atoms with Crippen LogP contribution in [0.1, 0.15) is 0 Å². The fourth-order valence-electron chi connectivity index (χ4n) is 0.314. The van der Waals surface area contributed by atoms with Gasteiger partial charge < -0.3 is 0 Å². The van der Waals surface area contributed by atoms with Crippen LogP contribution < -0.4 is 0 Å². The summed E-state index contributed by atoms with van der Waals surface area (Å²) in [5, 5.41) is 2.42. The molecular weight excluding hydrogens is 214 g/mol. The predicted molar refractivity (Wildman–Crippen MR) is 50.4 cm³/mol. The van der Waals surface area contributed by atoms with Crippen LogP contribution in [0.25, 0.3) is 0 Å². The van der Waals surface area contributed by atoms with E-state index in [0.29, 0.717) is 5.15 Å². The molecule has 0 aliphatic rings. The minimum Gasteiger partial charge on any atom is -0.294 e. The minimum absolute atomic E-state index is 0.581. The number of rotatable bonds is 2. The molecule has 4 nitrogen and oxygen atoms in total. The van der Waals surface area contributed by atoms with Gasteiger partial charge >= 0.3 is 5.97 Å². The lowest BCUT2D eigenvalue weighted by atomic mass is 10.7. The first kappa shape index (κ1) is 12.1. The monoisotopic (exact) mass is 221 g/mol. The molecule has 6 heteroatoms. The van der Waals surface area contributed by atoms with Crippen molar-refractivity contribution in [3.05, 3.63) is 29.3 Å². The molecular formula is C7H8ClNO3S. The van der Waals surface area contributed by atoms with Crippen LogP contribution in [-0.4, -0.2) is 17.5 Å². The quantitative estimate of drug-likeness (QED) is 0.436. The SMILES string of the molecule is C=CC(=O)OOC.Clc1ccsn1. The Hall–Kier alpha value is -0.910. The van der Waals surface area contributed by atoms with E-state index < -0.39 is 5.97 Å². The lowest BCUT2D eigenvalue weighted by molar-refractivity contribution is -0.249. The molecule has 0 spiro atoms. The van der Waals surface area contributed by atoms with Gasteiger partial charge in [-0.05, 0) is 17.6 Å². The molecule has 0 radical (unpaired) electrons. The van der Waals surface area contributed by atoms with E-state index in [1.165, 1.54) is 18.6 Å². The third-order valence-electron chi connectivity index (χ3n) is 0.738. The van der Waals surface area contributed by atoms with Crippen molar-refractivity contribution in [2.75, 3.05) is 7.11 Å². The Morgan fingerprint density at radius 1 is 1.85 bits per heavy atom. The van der Waals surface area contributed by atoms with Crippen LogP contribution >= 0.6 is 23.1 Å². The van der Waals surface area contributed by atoms with E-state index in [9.17, 15) is 4.79 Å². The Balaban J connectivity index is 0.000000223. The molecule has 0 amide bonds. The van der Waals surface area contributed by atoms with E-state index in [0.717, 1.165) is 6.08 Å². The molecule has 0 fully saturated rings. The zero-order chi connectivity index (χ0) is 10.1. The second-order valence-electron chi connectivity index (χ2n) is 1.60. The standard InChI is InChI=1S/C4H6O3.C3H2ClNS/c1-3-4(5)7-6-2;4-3-1-2-6-5-3/h3H,1H2,2H3;1-2H. The molecule has 1 heterocycles. The van der Waals surface area contributed by atoms with Crippen molar-refractivity contribution >= 4 is 29.1 Å². The molecule has 1 aromatic rings. The summed E-state index contributed by atoms with van der Waals surface area (Å²) >= 11 is 6.71. The van der Waals surface area contributed by atoms with Crippen LogP contribution in [0.2, 0.25) is 5.15 Å². The number of aromatic nitrogens is 1. The number of nitrogens with zero attached hydrogens (tertiary/aromatic N) is 1. The fraction of sp³-hybridized carbons (Fsp3) is 0.143. The Labute approximate surface area is 84.8 Å². The highest BCUT2D eigenvalue weighted by Gasteiger charge is 1.88. The summed E-state index contributed by atoms with van der Waals surface area (Å²) in [5.41, 5.74) is 0. The van der Waals surface area contributed by atoms with Gasteiger partial charge in [0.25, 0.3) is 0 Å². The van der Waals surface area contributed by atoms with Gasteiger partial charge in [0.15, 0.2) is 0 Å². The predicted octanol–water partition coefficient (Wildman–Crippen LogP) is 2.07. The number of hydrogen-bond acceptors (Lipinski definition) is 5. The van der Waals surface area contributed by atoms with Crippen LogP contribution in [0.4, 0.5) is 0 Å². The second-order valence-corrected chi connectivity index (χ2v) is 2.65. The molecule has 13 heavy (non-hydrogen) atoms. The number of hydrogen-bond donors (Lipinski definition) is 0. The van der Waals surface area contributed by atoms with E-state index in [2.05, 4.69) is 20.7 Å². The first-order valence-corrected chi connectivity index (χ1v) is 4.35. The lowest BCUT2D eigenvalue weighted by Crippen LogP contribution is -1.96. The van der Waals surface area contributed by atoms with Crippen LogP contribution in [0.3, 0.4) is 0 Å². The topological polar surface area (TPSA) is 48.4 Å². The van der Waals surface area contributed by atoms with Gasteiger partial charge in [-0.3, -0.25) is 4.89 Å². The van der Waals surface area contributed by atoms with Crippen LogP contribution in [0.15, 0.2) is 24.1 Å². The molecule has 0 aliphatic carbocycles. The zero-order valence-corrected chi connectivity index (χ0v) is 8.47. The maximum atomic E-state index is 9.95. The molecule has 0 saturated heterocycles. The highest BCUT2D eigenvalue weighted by atomic mass is 35.5. The Kier molecular flexibility index (Phi) is 7.18. The van der Waals surface area contributed by atoms with E-state index in [1.807, 2.05) is 5.38 Å². The molecule has 72 valence electrons. The molecule has 1 aromatic heterocycles. The molecule has 0 atom stereocenters. The summed E-state index contributed by atoms with van der Waals surface area (Å²) in [6.07, 6.45) is 1.02. The summed E-state index contributed by atoms with van der Waals surface area (Å²) in [6, 6.07) is 1.76. The third-order valence-corrected chi connectivity index (χ3v) is 1.61. The molecule has 0 saturated carbocycles. The maximum Gasteiger partial charge on any atom is 0.365 e. The van der Waals surface area contributed by atoms with Crippen LogP contribution in [0.5, 0.6) is 0 Å². The van der Waals surface area contributed by atoms with Crippen molar-refractivity contribution in [2.24, 2.45) is 0 Å². The number of carbonyl (C=O) groups excluding carboxylic acids is 1. The van der Waals surface area contributed by atoms with Gasteiger partial charge in [0, 0.05) is 11.5 Å². The van der Waals surface area contributed by atoms with Crippen molar-refractivity contribution < 1.29 is 14.6 Å². The van der Waals surface area contributed by atoms with Gasteiger partial charge in [0.05, 0.1) is 7.11 Å². The van der Waals surface area contributed by atoms with E-state index in [1.54, 1.807) is 6.07 Å². The summed E-state index contributed by atoms with van der Waals surface area (Å²) < 4.78 is 3.72. The highest BCUT2D eigenvalue weighted by Crippen LogP contribution is 2.04. The van der Waals surface area contributed by atoms with Gasteiger partial charge in [-0.15, -0.1) is 0 Å². The average molecular weight is 222 g/mol. The molecule has 1 rings (SSSR count). The normalized spacial score (nSPS) is 8.15. The van der Waals surface area contributed by atoms with Crippen molar-refractivity contribution in [1.29, 1.82) is 0 Å². The molecule has 0 N–H and O–H groups in total. The van der Waals surface area contributed by atoms with Gasteiger partial charge in [-0.2, -0.15) is 9.26 Å². The largest absolute Gasteiger partial charge is 0.365 e. The number of carbonyl (C=O) groups is 1. The van der Waals surface area contributed by atoms with Crippen molar-refractivity contribution in [1.82, 2.24) is 4.37 Å². The molecule has 0 aliphatic heterocycles. The third kappa shape index (κ3) is 7.45. The van der Waals surface area contributed by atoms with E-state index in [-0.39, 0.29) is 0 Å². The summed E-state index contributed by atoms with van der Waals surface area (Å²) in [6.45, 7) is 3.12.